The highest BCUT2D eigenvalue weighted by Crippen LogP contribution is 2.30. The van der Waals surface area contributed by atoms with E-state index in [1.807, 2.05) is 0 Å². The van der Waals surface area contributed by atoms with Crippen LogP contribution in [0.4, 0.5) is 0 Å². The molecule has 2 fully saturated rings. The Labute approximate surface area is 111 Å². The molecule has 1 N–H and O–H groups in total. The molecule has 3 heteroatoms. The van der Waals surface area contributed by atoms with Gasteiger partial charge >= 0.3 is 0 Å². The van der Waals surface area contributed by atoms with Crippen molar-refractivity contribution >= 4 is 11.8 Å². The lowest BCUT2D eigenvalue weighted by molar-refractivity contribution is 0.278. The van der Waals surface area contributed by atoms with Gasteiger partial charge in [-0.25, -0.2) is 0 Å². The molecule has 0 radical (unpaired) electrons. The lowest BCUT2D eigenvalue weighted by atomic mass is 10.1. The van der Waals surface area contributed by atoms with E-state index < -0.39 is 0 Å². The van der Waals surface area contributed by atoms with Gasteiger partial charge in [-0.2, -0.15) is 11.8 Å². The van der Waals surface area contributed by atoms with E-state index in [-0.39, 0.29) is 0 Å². The molecule has 1 saturated carbocycles. The van der Waals surface area contributed by atoms with Gasteiger partial charge in [0.15, 0.2) is 0 Å². The topological polar surface area (TPSA) is 15.3 Å². The van der Waals surface area contributed by atoms with Crippen LogP contribution >= 0.6 is 11.8 Å². The number of hydrogen-bond donors (Lipinski definition) is 1. The molecule has 1 aliphatic carbocycles. The van der Waals surface area contributed by atoms with Gasteiger partial charge in [-0.3, -0.25) is 0 Å². The molecule has 0 spiro atoms. The molecule has 2 aliphatic rings. The fourth-order valence-corrected chi connectivity index (χ4v) is 3.98. The van der Waals surface area contributed by atoms with Gasteiger partial charge < -0.3 is 10.2 Å². The van der Waals surface area contributed by atoms with Crippen molar-refractivity contribution in [2.24, 2.45) is 0 Å². The molecule has 1 heterocycles. The van der Waals surface area contributed by atoms with Crippen molar-refractivity contribution in [2.75, 3.05) is 31.9 Å². The van der Waals surface area contributed by atoms with Crippen LogP contribution in [0.2, 0.25) is 0 Å². The Bertz CT molecular complexity index is 224. The zero-order valence-corrected chi connectivity index (χ0v) is 12.3. The Morgan fingerprint density at radius 2 is 2.00 bits per heavy atom. The van der Waals surface area contributed by atoms with Gasteiger partial charge in [0.2, 0.25) is 0 Å². The Hall–Kier alpha value is 0.270. The third-order valence-electron chi connectivity index (χ3n) is 4.15. The monoisotopic (exact) mass is 256 g/mol. The van der Waals surface area contributed by atoms with Crippen molar-refractivity contribution < 1.29 is 0 Å². The first-order valence-corrected chi connectivity index (χ1v) is 8.24. The fraction of sp³-hybridized carbons (Fsp3) is 1.00. The summed E-state index contributed by atoms with van der Waals surface area (Å²) in [7, 11) is 0. The zero-order chi connectivity index (χ0) is 12.1. The number of thioether (sulfide) groups is 1. The van der Waals surface area contributed by atoms with Crippen LogP contribution in [0.3, 0.4) is 0 Å². The van der Waals surface area contributed by atoms with Crippen LogP contribution in [0, 0.1) is 0 Å². The third kappa shape index (κ3) is 4.80. The minimum Gasteiger partial charge on any atom is -0.313 e. The van der Waals surface area contributed by atoms with E-state index in [0.717, 1.165) is 6.04 Å². The molecule has 0 atom stereocenters. The standard InChI is InChI=1S/C14H28N2S/c1-14(2)7-9-16(11-12-17-14)10-8-15-13-5-3-4-6-13/h13,15H,3-12H2,1-2H3. The Morgan fingerprint density at radius 1 is 1.24 bits per heavy atom. The number of nitrogens with zero attached hydrogens (tertiary/aromatic N) is 1. The first-order valence-electron chi connectivity index (χ1n) is 7.25. The summed E-state index contributed by atoms with van der Waals surface area (Å²) in [6, 6.07) is 0.827. The predicted molar refractivity (Wildman–Crippen MR) is 77.9 cm³/mol. The number of hydrogen-bond acceptors (Lipinski definition) is 3. The fourth-order valence-electron chi connectivity index (χ4n) is 2.84. The predicted octanol–water partition coefficient (Wildman–Crippen LogP) is 2.74. The van der Waals surface area contributed by atoms with Gasteiger partial charge in [-0.1, -0.05) is 26.7 Å². The van der Waals surface area contributed by atoms with Gasteiger partial charge in [-0.05, 0) is 25.8 Å². The molecule has 0 aromatic rings. The van der Waals surface area contributed by atoms with E-state index >= 15 is 0 Å². The van der Waals surface area contributed by atoms with Crippen molar-refractivity contribution in [3.63, 3.8) is 0 Å². The van der Waals surface area contributed by atoms with Crippen LogP contribution in [0.5, 0.6) is 0 Å². The average Bonchev–Trinajstić information content (AvgIpc) is 2.72. The summed E-state index contributed by atoms with van der Waals surface area (Å²) in [6.45, 7) is 9.77. The van der Waals surface area contributed by atoms with Crippen LogP contribution in [0.1, 0.15) is 46.0 Å². The molecular weight excluding hydrogens is 228 g/mol. The average molecular weight is 256 g/mol. The molecule has 0 unspecified atom stereocenters. The molecule has 2 rings (SSSR count). The van der Waals surface area contributed by atoms with E-state index in [2.05, 4.69) is 35.8 Å². The highest BCUT2D eigenvalue weighted by atomic mass is 32.2. The first-order chi connectivity index (χ1) is 8.16. The molecule has 1 saturated heterocycles. The van der Waals surface area contributed by atoms with E-state index in [1.54, 1.807) is 0 Å². The lowest BCUT2D eigenvalue weighted by Gasteiger charge is -2.23. The molecule has 0 amide bonds. The summed E-state index contributed by atoms with van der Waals surface area (Å²) in [5.41, 5.74) is 0. The summed E-state index contributed by atoms with van der Waals surface area (Å²) in [5, 5.41) is 3.72. The summed E-state index contributed by atoms with van der Waals surface area (Å²) in [4.78, 5) is 2.64. The maximum atomic E-state index is 3.72. The summed E-state index contributed by atoms with van der Waals surface area (Å²) in [5.74, 6) is 1.30. The molecule has 2 nitrogen and oxygen atoms in total. The SMILES string of the molecule is CC1(C)CCN(CCNC2CCCC2)CCS1. The summed E-state index contributed by atoms with van der Waals surface area (Å²) >= 11 is 2.14. The third-order valence-corrected chi connectivity index (χ3v) is 5.52. The largest absolute Gasteiger partial charge is 0.313 e. The molecule has 0 aromatic carbocycles. The summed E-state index contributed by atoms with van der Waals surface area (Å²) in [6.07, 6.45) is 7.02. The van der Waals surface area contributed by atoms with Crippen molar-refractivity contribution in [3.05, 3.63) is 0 Å². The van der Waals surface area contributed by atoms with Gasteiger partial charge in [0.1, 0.15) is 0 Å². The van der Waals surface area contributed by atoms with E-state index in [1.165, 1.54) is 64.0 Å². The van der Waals surface area contributed by atoms with Crippen LogP contribution in [-0.2, 0) is 0 Å². The van der Waals surface area contributed by atoms with Crippen LogP contribution < -0.4 is 5.32 Å². The molecule has 17 heavy (non-hydrogen) atoms. The van der Waals surface area contributed by atoms with Crippen molar-refractivity contribution in [3.8, 4) is 0 Å². The molecule has 1 aliphatic heterocycles. The van der Waals surface area contributed by atoms with Crippen molar-refractivity contribution in [1.82, 2.24) is 10.2 Å². The molecule has 0 aromatic heterocycles. The molecular formula is C14H28N2S. The highest BCUT2D eigenvalue weighted by molar-refractivity contribution is 8.00. The second-order valence-electron chi connectivity index (χ2n) is 6.14. The smallest absolute Gasteiger partial charge is 0.0116 e. The van der Waals surface area contributed by atoms with E-state index in [9.17, 15) is 0 Å². The van der Waals surface area contributed by atoms with E-state index in [0.29, 0.717) is 4.75 Å². The van der Waals surface area contributed by atoms with Gasteiger partial charge in [0, 0.05) is 36.2 Å². The maximum absolute atomic E-state index is 3.72. The second-order valence-corrected chi connectivity index (χ2v) is 7.94. The number of nitrogens with one attached hydrogen (secondary N) is 1. The van der Waals surface area contributed by atoms with Crippen molar-refractivity contribution in [2.45, 2.75) is 56.7 Å². The maximum Gasteiger partial charge on any atom is 0.0116 e. The normalized spacial score (nSPS) is 27.2. The minimum absolute atomic E-state index is 0.494. The van der Waals surface area contributed by atoms with Gasteiger partial charge in [-0.15, -0.1) is 0 Å². The quantitative estimate of drug-likeness (QED) is 0.832. The van der Waals surface area contributed by atoms with Crippen LogP contribution in [-0.4, -0.2) is 47.6 Å². The Kier molecular flexibility index (Phi) is 5.19. The Balaban J connectivity index is 1.62. The van der Waals surface area contributed by atoms with Crippen LogP contribution in [0.25, 0.3) is 0 Å². The highest BCUT2D eigenvalue weighted by Gasteiger charge is 2.23. The first kappa shape index (κ1) is 13.7. The van der Waals surface area contributed by atoms with E-state index in [4.69, 9.17) is 0 Å². The Morgan fingerprint density at radius 3 is 2.76 bits per heavy atom. The van der Waals surface area contributed by atoms with Crippen molar-refractivity contribution in [1.29, 1.82) is 0 Å². The molecule has 0 bridgehead atoms. The summed E-state index contributed by atoms with van der Waals surface area (Å²) < 4.78 is 0.494. The number of rotatable bonds is 4. The van der Waals surface area contributed by atoms with Crippen LogP contribution in [0.15, 0.2) is 0 Å². The molecule has 100 valence electrons. The lowest BCUT2D eigenvalue weighted by Crippen LogP contribution is -2.37. The van der Waals surface area contributed by atoms with Gasteiger partial charge in [0.05, 0.1) is 0 Å². The minimum atomic E-state index is 0.494. The second kappa shape index (κ2) is 6.44. The van der Waals surface area contributed by atoms with Gasteiger partial charge in [0.25, 0.3) is 0 Å². The zero-order valence-electron chi connectivity index (χ0n) is 11.5.